The van der Waals surface area contributed by atoms with Gasteiger partial charge in [-0.3, -0.25) is 4.79 Å². The topological polar surface area (TPSA) is 79.0 Å². The summed E-state index contributed by atoms with van der Waals surface area (Å²) in [5.41, 5.74) is 0.978. The van der Waals surface area contributed by atoms with Crippen molar-refractivity contribution in [2.24, 2.45) is 0 Å². The van der Waals surface area contributed by atoms with Crippen LogP contribution in [-0.2, 0) is 26.0 Å². The Kier molecular flexibility index (Phi) is 6.86. The van der Waals surface area contributed by atoms with Crippen LogP contribution in [0.2, 0.25) is 0 Å². The molecule has 2 fully saturated rings. The number of rotatable bonds is 6. The van der Waals surface area contributed by atoms with Crippen LogP contribution in [0.1, 0.15) is 24.8 Å². The van der Waals surface area contributed by atoms with Gasteiger partial charge in [0.2, 0.25) is 15.9 Å². The Morgan fingerprint density at radius 3 is 2.56 bits per heavy atom. The lowest BCUT2D eigenvalue weighted by Gasteiger charge is -2.32. The summed E-state index contributed by atoms with van der Waals surface area (Å²) < 4.78 is 32.0. The third-order valence-electron chi connectivity index (χ3n) is 5.34. The molecule has 8 heteroatoms. The van der Waals surface area contributed by atoms with Crippen molar-refractivity contribution in [2.45, 2.75) is 36.6 Å². The Balaban J connectivity index is 1.55. The average molecular weight is 396 g/mol. The molecule has 0 radical (unpaired) electrons. The van der Waals surface area contributed by atoms with Crippen molar-refractivity contribution in [2.75, 3.05) is 46.4 Å². The molecule has 1 N–H and O–H groups in total. The molecule has 2 aliphatic heterocycles. The van der Waals surface area contributed by atoms with Crippen molar-refractivity contribution < 1.29 is 17.9 Å². The molecule has 1 atom stereocenters. The number of amides is 1. The molecular formula is C19H29N3O4S. The standard InChI is InChI=1S/C19H29N3O4S/c1-20-17-3-2-10-21(15-17)19(23)9-6-16-4-7-18(8-5-16)27(24,25)22-11-13-26-14-12-22/h4-5,7-8,17,20H,2-3,6,9-15H2,1H3. The third-order valence-corrected chi connectivity index (χ3v) is 7.25. The van der Waals surface area contributed by atoms with Gasteiger partial charge in [-0.1, -0.05) is 12.1 Å². The SMILES string of the molecule is CNC1CCCN(C(=O)CCc2ccc(S(=O)(=O)N3CCOCC3)cc2)C1. The van der Waals surface area contributed by atoms with E-state index in [1.165, 1.54) is 4.31 Å². The Morgan fingerprint density at radius 2 is 1.89 bits per heavy atom. The molecule has 0 bridgehead atoms. The number of sulfonamides is 1. The second-order valence-electron chi connectivity index (χ2n) is 7.13. The van der Waals surface area contributed by atoms with Gasteiger partial charge in [-0.2, -0.15) is 4.31 Å². The maximum Gasteiger partial charge on any atom is 0.243 e. The number of aryl methyl sites for hydroxylation is 1. The van der Waals surface area contributed by atoms with E-state index >= 15 is 0 Å². The van der Waals surface area contributed by atoms with Gasteiger partial charge in [-0.15, -0.1) is 0 Å². The first-order valence-electron chi connectivity index (χ1n) is 9.62. The lowest BCUT2D eigenvalue weighted by molar-refractivity contribution is -0.132. The highest BCUT2D eigenvalue weighted by Crippen LogP contribution is 2.19. The number of carbonyl (C=O) groups is 1. The third kappa shape index (κ3) is 5.07. The van der Waals surface area contributed by atoms with E-state index in [1.54, 1.807) is 12.1 Å². The molecule has 1 aromatic carbocycles. The van der Waals surface area contributed by atoms with Crippen molar-refractivity contribution in [3.05, 3.63) is 29.8 Å². The average Bonchev–Trinajstić information content (AvgIpc) is 2.73. The Hall–Kier alpha value is -1.48. The molecule has 3 rings (SSSR count). The van der Waals surface area contributed by atoms with Crippen LogP contribution in [-0.4, -0.2) is 76.0 Å². The number of piperidine rings is 1. The van der Waals surface area contributed by atoms with Gasteiger partial charge in [0.05, 0.1) is 18.1 Å². The number of benzene rings is 1. The molecule has 0 aliphatic carbocycles. The first-order chi connectivity index (χ1) is 13.0. The highest BCUT2D eigenvalue weighted by Gasteiger charge is 2.26. The van der Waals surface area contributed by atoms with E-state index in [9.17, 15) is 13.2 Å². The van der Waals surface area contributed by atoms with Crippen LogP contribution < -0.4 is 5.32 Å². The van der Waals surface area contributed by atoms with E-state index in [2.05, 4.69) is 5.32 Å². The van der Waals surface area contributed by atoms with Crippen LogP contribution in [0.4, 0.5) is 0 Å². The zero-order valence-electron chi connectivity index (χ0n) is 15.9. The number of hydrogen-bond donors (Lipinski definition) is 1. The molecule has 1 amide bonds. The minimum Gasteiger partial charge on any atom is -0.379 e. The van der Waals surface area contributed by atoms with E-state index in [-0.39, 0.29) is 5.91 Å². The van der Waals surface area contributed by atoms with Crippen LogP contribution >= 0.6 is 0 Å². The predicted octanol–water partition coefficient (Wildman–Crippen LogP) is 0.851. The maximum absolute atomic E-state index is 12.6. The first-order valence-corrected chi connectivity index (χ1v) is 11.1. The van der Waals surface area contributed by atoms with Gasteiger partial charge in [-0.05, 0) is 44.0 Å². The second kappa shape index (κ2) is 9.14. The molecule has 150 valence electrons. The highest BCUT2D eigenvalue weighted by molar-refractivity contribution is 7.89. The number of morpholine rings is 1. The van der Waals surface area contributed by atoms with E-state index in [0.29, 0.717) is 50.1 Å². The van der Waals surface area contributed by atoms with Crippen molar-refractivity contribution in [3.8, 4) is 0 Å². The maximum atomic E-state index is 12.6. The lowest BCUT2D eigenvalue weighted by Crippen LogP contribution is -2.47. The molecule has 2 saturated heterocycles. The fourth-order valence-electron chi connectivity index (χ4n) is 3.61. The van der Waals surface area contributed by atoms with Crippen LogP contribution in [0, 0.1) is 0 Å². The van der Waals surface area contributed by atoms with Gasteiger partial charge >= 0.3 is 0 Å². The number of carbonyl (C=O) groups excluding carboxylic acids is 1. The van der Waals surface area contributed by atoms with E-state index in [0.717, 1.165) is 31.5 Å². The minimum atomic E-state index is -3.47. The molecule has 0 spiro atoms. The summed E-state index contributed by atoms with van der Waals surface area (Å²) in [6, 6.07) is 7.29. The summed E-state index contributed by atoms with van der Waals surface area (Å²) in [5, 5.41) is 3.25. The molecule has 0 saturated carbocycles. The number of hydrogen-bond acceptors (Lipinski definition) is 5. The summed E-state index contributed by atoms with van der Waals surface area (Å²) in [4.78, 5) is 14.7. The highest BCUT2D eigenvalue weighted by atomic mass is 32.2. The van der Waals surface area contributed by atoms with Crippen molar-refractivity contribution in [1.29, 1.82) is 0 Å². The normalized spacial score (nSPS) is 22.0. The molecular weight excluding hydrogens is 366 g/mol. The molecule has 2 heterocycles. The lowest BCUT2D eigenvalue weighted by atomic mass is 10.0. The monoisotopic (exact) mass is 395 g/mol. The quantitative estimate of drug-likeness (QED) is 0.773. The molecule has 0 aromatic heterocycles. The van der Waals surface area contributed by atoms with E-state index in [4.69, 9.17) is 4.74 Å². The summed E-state index contributed by atoms with van der Waals surface area (Å²) in [6.07, 6.45) is 3.22. The number of likely N-dealkylation sites (tertiary alicyclic amines) is 1. The fourth-order valence-corrected chi connectivity index (χ4v) is 5.02. The van der Waals surface area contributed by atoms with Crippen LogP contribution in [0.5, 0.6) is 0 Å². The molecule has 2 aliphatic rings. The van der Waals surface area contributed by atoms with E-state index in [1.807, 2.05) is 24.1 Å². The number of ether oxygens (including phenoxy) is 1. The van der Waals surface area contributed by atoms with Gasteiger partial charge in [-0.25, -0.2) is 8.42 Å². The van der Waals surface area contributed by atoms with Crippen molar-refractivity contribution in [1.82, 2.24) is 14.5 Å². The van der Waals surface area contributed by atoms with Crippen LogP contribution in [0.25, 0.3) is 0 Å². The Bertz CT molecular complexity index is 730. The minimum absolute atomic E-state index is 0.167. The van der Waals surface area contributed by atoms with Crippen LogP contribution in [0.3, 0.4) is 0 Å². The number of likely N-dealkylation sites (N-methyl/N-ethyl adjacent to an activating group) is 1. The van der Waals surface area contributed by atoms with Crippen LogP contribution in [0.15, 0.2) is 29.2 Å². The van der Waals surface area contributed by atoms with Gasteiger partial charge in [0.15, 0.2) is 0 Å². The summed E-state index contributed by atoms with van der Waals surface area (Å²) >= 11 is 0. The second-order valence-corrected chi connectivity index (χ2v) is 9.07. The number of nitrogens with zero attached hydrogens (tertiary/aromatic N) is 2. The molecule has 1 unspecified atom stereocenters. The predicted molar refractivity (Wildman–Crippen MR) is 103 cm³/mol. The van der Waals surface area contributed by atoms with Gasteiger partial charge in [0.25, 0.3) is 0 Å². The number of nitrogens with one attached hydrogen (secondary N) is 1. The zero-order chi connectivity index (χ0) is 19.3. The zero-order valence-corrected chi connectivity index (χ0v) is 16.7. The smallest absolute Gasteiger partial charge is 0.243 e. The summed E-state index contributed by atoms with van der Waals surface area (Å²) in [6.45, 7) is 3.25. The fraction of sp³-hybridized carbons (Fsp3) is 0.632. The summed E-state index contributed by atoms with van der Waals surface area (Å²) in [5.74, 6) is 0.167. The van der Waals surface area contributed by atoms with Gasteiger partial charge < -0.3 is 15.0 Å². The van der Waals surface area contributed by atoms with Gasteiger partial charge in [0, 0.05) is 38.6 Å². The molecule has 1 aromatic rings. The van der Waals surface area contributed by atoms with Crippen molar-refractivity contribution >= 4 is 15.9 Å². The van der Waals surface area contributed by atoms with Gasteiger partial charge in [0.1, 0.15) is 0 Å². The Morgan fingerprint density at radius 1 is 1.19 bits per heavy atom. The molecule has 7 nitrogen and oxygen atoms in total. The molecule has 27 heavy (non-hydrogen) atoms. The summed E-state index contributed by atoms with van der Waals surface area (Å²) in [7, 11) is -1.53. The first kappa shape index (κ1) is 20.3. The Labute approximate surface area is 161 Å². The van der Waals surface area contributed by atoms with E-state index < -0.39 is 10.0 Å². The van der Waals surface area contributed by atoms with Crippen molar-refractivity contribution in [3.63, 3.8) is 0 Å². The largest absolute Gasteiger partial charge is 0.379 e.